The first kappa shape index (κ1) is 9.81. The smallest absolute Gasteiger partial charge is 0.207 e. The predicted molar refractivity (Wildman–Crippen MR) is 39.0 cm³/mol. The fraction of sp³-hybridized carbons (Fsp3) is 0.571. The fourth-order valence-corrected chi connectivity index (χ4v) is 0.699. The van der Waals surface area contributed by atoms with Crippen LogP contribution in [0.15, 0.2) is 0 Å². The number of nitrogens with one attached hydrogen (secondary N) is 1. The Labute approximate surface area is 65.0 Å². The van der Waals surface area contributed by atoms with Crippen LogP contribution >= 0.6 is 0 Å². The summed E-state index contributed by atoms with van der Waals surface area (Å²) < 4.78 is 0. The lowest BCUT2D eigenvalue weighted by Crippen LogP contribution is -2.28. The minimum Gasteiger partial charge on any atom is -0.349 e. The van der Waals surface area contributed by atoms with E-state index in [0.29, 0.717) is 32.0 Å². The second-order valence-corrected chi connectivity index (χ2v) is 2.12. The highest BCUT2D eigenvalue weighted by molar-refractivity contribution is 5.63. The maximum Gasteiger partial charge on any atom is 0.207 e. The van der Waals surface area contributed by atoms with Gasteiger partial charge in [-0.3, -0.25) is 4.79 Å². The van der Waals surface area contributed by atoms with Gasteiger partial charge in [0.2, 0.25) is 6.41 Å². The maximum atomic E-state index is 10.2. The molecule has 62 valence electrons. The third kappa shape index (κ3) is 5.26. The lowest BCUT2D eigenvalue weighted by Gasteiger charge is -2.05. The molecule has 0 saturated heterocycles. The van der Waals surface area contributed by atoms with E-state index in [-0.39, 0.29) is 0 Å². The fourth-order valence-electron chi connectivity index (χ4n) is 0.699. The Hall–Kier alpha value is -1.19. The van der Waals surface area contributed by atoms with Gasteiger partial charge in [0, 0.05) is 6.42 Å². The number of unbranched alkanes of at least 4 members (excludes halogenated alkanes) is 1. The second kappa shape index (κ2) is 6.92. The van der Waals surface area contributed by atoms with Crippen molar-refractivity contribution in [3.8, 4) is 0 Å². The molecule has 0 fully saturated rings. The molecule has 0 aromatic rings. The van der Waals surface area contributed by atoms with Gasteiger partial charge in [0.25, 0.3) is 0 Å². The van der Waals surface area contributed by atoms with Gasteiger partial charge in [-0.25, -0.2) is 0 Å². The summed E-state index contributed by atoms with van der Waals surface area (Å²) in [4.78, 5) is 29.9. The third-order valence-corrected chi connectivity index (χ3v) is 1.28. The molecule has 0 radical (unpaired) electrons. The molecular formula is C7H11NO3. The number of carbonyl (C=O) groups is 3. The number of amides is 1. The average molecular weight is 157 g/mol. The highest BCUT2D eigenvalue weighted by Gasteiger charge is 2.03. The first-order valence-electron chi connectivity index (χ1n) is 3.43. The Kier molecular flexibility index (Phi) is 6.17. The van der Waals surface area contributed by atoms with Gasteiger partial charge < -0.3 is 14.9 Å². The topological polar surface area (TPSA) is 63.2 Å². The van der Waals surface area contributed by atoms with Gasteiger partial charge in [-0.05, 0) is 12.8 Å². The van der Waals surface area contributed by atoms with Gasteiger partial charge in [-0.2, -0.15) is 0 Å². The molecule has 0 spiro atoms. The monoisotopic (exact) mass is 157 g/mol. The Morgan fingerprint density at radius 3 is 2.45 bits per heavy atom. The van der Waals surface area contributed by atoms with Crippen LogP contribution in [0.4, 0.5) is 0 Å². The number of aldehydes is 2. The number of hydrogen-bond acceptors (Lipinski definition) is 3. The largest absolute Gasteiger partial charge is 0.349 e. The molecule has 0 rings (SSSR count). The highest BCUT2D eigenvalue weighted by Crippen LogP contribution is 1.95. The molecule has 4 heteroatoms. The molecule has 0 bridgehead atoms. The summed E-state index contributed by atoms with van der Waals surface area (Å²) in [5.41, 5.74) is 0. The predicted octanol–water partition coefficient (Wildman–Crippen LogP) is -0.331. The van der Waals surface area contributed by atoms with Crippen LogP contribution in [0.2, 0.25) is 0 Å². The van der Waals surface area contributed by atoms with Crippen molar-refractivity contribution < 1.29 is 14.4 Å². The molecule has 1 amide bonds. The van der Waals surface area contributed by atoms with Crippen LogP contribution < -0.4 is 5.32 Å². The highest BCUT2D eigenvalue weighted by atomic mass is 16.1. The lowest BCUT2D eigenvalue weighted by atomic mass is 10.1. The van der Waals surface area contributed by atoms with E-state index in [1.54, 1.807) is 0 Å². The SMILES string of the molecule is O=CCCCC(C=O)NC=O. The molecule has 1 unspecified atom stereocenters. The lowest BCUT2D eigenvalue weighted by molar-refractivity contribution is -0.115. The second-order valence-electron chi connectivity index (χ2n) is 2.12. The Morgan fingerprint density at radius 2 is 2.00 bits per heavy atom. The van der Waals surface area contributed by atoms with Crippen LogP contribution in [0.25, 0.3) is 0 Å². The van der Waals surface area contributed by atoms with E-state index in [4.69, 9.17) is 0 Å². The zero-order valence-corrected chi connectivity index (χ0v) is 6.16. The van der Waals surface area contributed by atoms with Crippen LogP contribution in [0.3, 0.4) is 0 Å². The van der Waals surface area contributed by atoms with E-state index in [0.717, 1.165) is 6.29 Å². The van der Waals surface area contributed by atoms with Crippen molar-refractivity contribution in [2.45, 2.75) is 25.3 Å². The van der Waals surface area contributed by atoms with Crippen molar-refractivity contribution in [3.63, 3.8) is 0 Å². The molecule has 0 saturated carbocycles. The van der Waals surface area contributed by atoms with Crippen molar-refractivity contribution in [1.82, 2.24) is 5.32 Å². The molecule has 0 aliphatic rings. The number of carbonyl (C=O) groups excluding carboxylic acids is 3. The Balaban J connectivity index is 3.42. The van der Waals surface area contributed by atoms with Gasteiger partial charge in [-0.15, -0.1) is 0 Å². The van der Waals surface area contributed by atoms with Crippen LogP contribution in [-0.4, -0.2) is 25.0 Å². The Morgan fingerprint density at radius 1 is 1.27 bits per heavy atom. The molecule has 1 atom stereocenters. The third-order valence-electron chi connectivity index (χ3n) is 1.28. The van der Waals surface area contributed by atoms with Crippen molar-refractivity contribution in [2.24, 2.45) is 0 Å². The minimum atomic E-state index is -0.438. The number of hydrogen-bond donors (Lipinski definition) is 1. The summed E-state index contributed by atoms with van der Waals surface area (Å²) in [6.07, 6.45) is 3.54. The van der Waals surface area contributed by atoms with E-state index in [1.807, 2.05) is 0 Å². The van der Waals surface area contributed by atoms with Crippen molar-refractivity contribution in [3.05, 3.63) is 0 Å². The molecule has 0 heterocycles. The number of rotatable bonds is 7. The van der Waals surface area contributed by atoms with Crippen molar-refractivity contribution in [1.29, 1.82) is 0 Å². The zero-order chi connectivity index (χ0) is 8.53. The molecular weight excluding hydrogens is 146 g/mol. The summed E-state index contributed by atoms with van der Waals surface area (Å²) in [5.74, 6) is 0. The molecule has 1 N–H and O–H groups in total. The van der Waals surface area contributed by atoms with E-state index in [1.165, 1.54) is 0 Å². The zero-order valence-electron chi connectivity index (χ0n) is 6.16. The summed E-state index contributed by atoms with van der Waals surface area (Å²) in [6, 6.07) is -0.438. The quantitative estimate of drug-likeness (QED) is 0.406. The summed E-state index contributed by atoms with van der Waals surface area (Å²) in [5, 5.41) is 2.33. The van der Waals surface area contributed by atoms with Gasteiger partial charge in [0.1, 0.15) is 12.6 Å². The van der Waals surface area contributed by atoms with E-state index in [2.05, 4.69) is 5.32 Å². The van der Waals surface area contributed by atoms with Crippen LogP contribution in [0, 0.1) is 0 Å². The van der Waals surface area contributed by atoms with E-state index in [9.17, 15) is 14.4 Å². The molecule has 4 nitrogen and oxygen atoms in total. The Bertz CT molecular complexity index is 136. The van der Waals surface area contributed by atoms with Crippen LogP contribution in [0.1, 0.15) is 19.3 Å². The van der Waals surface area contributed by atoms with E-state index >= 15 is 0 Å². The average Bonchev–Trinajstić information content (AvgIpc) is 2.03. The molecule has 0 aliphatic carbocycles. The summed E-state index contributed by atoms with van der Waals surface area (Å²) >= 11 is 0. The van der Waals surface area contributed by atoms with Gasteiger partial charge in [-0.1, -0.05) is 0 Å². The minimum absolute atomic E-state index is 0.435. The maximum absolute atomic E-state index is 10.2. The van der Waals surface area contributed by atoms with Crippen LogP contribution in [0.5, 0.6) is 0 Å². The van der Waals surface area contributed by atoms with Crippen LogP contribution in [-0.2, 0) is 14.4 Å². The first-order chi connectivity index (χ1) is 5.35. The van der Waals surface area contributed by atoms with Gasteiger partial charge in [0.05, 0.1) is 6.04 Å². The normalized spacial score (nSPS) is 11.6. The molecule has 0 aliphatic heterocycles. The van der Waals surface area contributed by atoms with Crippen molar-refractivity contribution >= 4 is 19.0 Å². The van der Waals surface area contributed by atoms with E-state index < -0.39 is 6.04 Å². The molecule has 0 aromatic carbocycles. The first-order valence-corrected chi connectivity index (χ1v) is 3.43. The molecule has 11 heavy (non-hydrogen) atoms. The standard InChI is InChI=1S/C7H11NO3/c9-4-2-1-3-7(5-10)8-6-11/h4-7H,1-3H2,(H,8,11). The summed E-state index contributed by atoms with van der Waals surface area (Å²) in [6.45, 7) is 0. The van der Waals surface area contributed by atoms with Crippen molar-refractivity contribution in [2.75, 3.05) is 0 Å². The molecule has 0 aromatic heterocycles. The van der Waals surface area contributed by atoms with Gasteiger partial charge >= 0.3 is 0 Å². The summed E-state index contributed by atoms with van der Waals surface area (Å²) in [7, 11) is 0. The van der Waals surface area contributed by atoms with Gasteiger partial charge in [0.15, 0.2) is 0 Å².